The molecule has 0 bridgehead atoms. The number of nitrogens with one attached hydrogen (secondary N) is 2. The zero-order valence-corrected chi connectivity index (χ0v) is 15.0. The van der Waals surface area contributed by atoms with Gasteiger partial charge in [-0.2, -0.15) is 0 Å². The van der Waals surface area contributed by atoms with Gasteiger partial charge >= 0.3 is 0 Å². The Bertz CT molecular complexity index is 673. The molecular formula is C18H23ClN4O. The number of aryl methyl sites for hydroxylation is 1. The van der Waals surface area contributed by atoms with Crippen LogP contribution in [0.3, 0.4) is 0 Å². The third-order valence-corrected chi connectivity index (χ3v) is 3.67. The fourth-order valence-electron chi connectivity index (χ4n) is 2.10. The molecule has 0 aliphatic carbocycles. The lowest BCUT2D eigenvalue weighted by molar-refractivity contribution is 0.222. The van der Waals surface area contributed by atoms with Crippen molar-refractivity contribution >= 4 is 17.6 Å². The van der Waals surface area contributed by atoms with Crippen LogP contribution in [-0.2, 0) is 6.54 Å². The number of halogens is 1. The Morgan fingerprint density at radius 3 is 2.71 bits per heavy atom. The van der Waals surface area contributed by atoms with E-state index in [1.807, 2.05) is 44.2 Å². The average molecular weight is 347 g/mol. The van der Waals surface area contributed by atoms with Gasteiger partial charge in [-0.3, -0.25) is 4.99 Å². The van der Waals surface area contributed by atoms with Crippen molar-refractivity contribution in [3.63, 3.8) is 0 Å². The van der Waals surface area contributed by atoms with Crippen LogP contribution in [0.15, 0.2) is 47.6 Å². The monoisotopic (exact) mass is 346 g/mol. The minimum atomic E-state index is 0.0156. The van der Waals surface area contributed by atoms with E-state index < -0.39 is 0 Å². The molecule has 2 aromatic rings. The van der Waals surface area contributed by atoms with Gasteiger partial charge in [0.2, 0.25) is 0 Å². The average Bonchev–Trinajstić information content (AvgIpc) is 2.58. The van der Waals surface area contributed by atoms with E-state index in [1.54, 1.807) is 19.3 Å². The molecule has 0 aliphatic heterocycles. The van der Waals surface area contributed by atoms with Crippen molar-refractivity contribution in [3.8, 4) is 5.75 Å². The molecule has 6 heteroatoms. The normalized spacial score (nSPS) is 12.6. The molecule has 0 saturated heterocycles. The predicted molar refractivity (Wildman–Crippen MR) is 98.7 cm³/mol. The SMILES string of the molecule is CN=C(NCc1ccc(Cl)nc1)NCC(C)Oc1ccccc1C. The number of rotatable bonds is 6. The Kier molecular flexibility index (Phi) is 6.88. The van der Waals surface area contributed by atoms with Crippen molar-refractivity contribution < 1.29 is 4.74 Å². The van der Waals surface area contributed by atoms with E-state index >= 15 is 0 Å². The van der Waals surface area contributed by atoms with E-state index in [4.69, 9.17) is 16.3 Å². The minimum absolute atomic E-state index is 0.0156. The van der Waals surface area contributed by atoms with Crippen LogP contribution >= 0.6 is 11.6 Å². The van der Waals surface area contributed by atoms with Gasteiger partial charge in [0.25, 0.3) is 0 Å². The molecule has 128 valence electrons. The maximum absolute atomic E-state index is 5.95. The summed E-state index contributed by atoms with van der Waals surface area (Å²) in [5.41, 5.74) is 2.16. The molecule has 0 spiro atoms. The summed E-state index contributed by atoms with van der Waals surface area (Å²) in [5.74, 6) is 1.62. The van der Waals surface area contributed by atoms with Crippen molar-refractivity contribution in [2.24, 2.45) is 4.99 Å². The molecule has 2 rings (SSSR count). The molecule has 0 amide bonds. The fraction of sp³-hybridized carbons (Fsp3) is 0.333. The summed E-state index contributed by atoms with van der Waals surface area (Å²) in [5, 5.41) is 6.98. The van der Waals surface area contributed by atoms with E-state index in [-0.39, 0.29) is 6.10 Å². The molecule has 1 heterocycles. The number of aliphatic imine (C=N–C) groups is 1. The molecule has 0 saturated carbocycles. The summed E-state index contributed by atoms with van der Waals surface area (Å²) >= 11 is 5.78. The molecule has 24 heavy (non-hydrogen) atoms. The highest BCUT2D eigenvalue weighted by molar-refractivity contribution is 6.29. The number of aromatic nitrogens is 1. The molecule has 1 aromatic carbocycles. The zero-order valence-electron chi connectivity index (χ0n) is 14.2. The van der Waals surface area contributed by atoms with Crippen LogP contribution < -0.4 is 15.4 Å². The number of guanidine groups is 1. The Morgan fingerprint density at radius 2 is 2.04 bits per heavy atom. The van der Waals surface area contributed by atoms with Crippen LogP contribution in [0.4, 0.5) is 0 Å². The third kappa shape index (κ3) is 5.74. The van der Waals surface area contributed by atoms with Gasteiger partial charge in [-0.15, -0.1) is 0 Å². The van der Waals surface area contributed by atoms with Crippen LogP contribution in [0.1, 0.15) is 18.1 Å². The number of para-hydroxylation sites is 1. The van der Waals surface area contributed by atoms with Gasteiger partial charge in [-0.25, -0.2) is 4.98 Å². The Balaban J connectivity index is 1.78. The highest BCUT2D eigenvalue weighted by atomic mass is 35.5. The summed E-state index contributed by atoms with van der Waals surface area (Å²) in [4.78, 5) is 8.27. The largest absolute Gasteiger partial charge is 0.489 e. The zero-order chi connectivity index (χ0) is 17.4. The number of benzene rings is 1. The first kappa shape index (κ1) is 18.1. The van der Waals surface area contributed by atoms with Crippen molar-refractivity contribution in [2.45, 2.75) is 26.5 Å². The maximum atomic E-state index is 5.95. The summed E-state index contributed by atoms with van der Waals surface area (Å²) in [7, 11) is 1.74. The molecule has 5 nitrogen and oxygen atoms in total. The van der Waals surface area contributed by atoms with Crippen molar-refractivity contribution in [1.82, 2.24) is 15.6 Å². The van der Waals surface area contributed by atoms with Crippen LogP contribution in [0.2, 0.25) is 5.15 Å². The molecule has 0 fully saturated rings. The van der Waals surface area contributed by atoms with Crippen LogP contribution in [-0.4, -0.2) is 30.6 Å². The van der Waals surface area contributed by atoms with Crippen LogP contribution in [0.25, 0.3) is 0 Å². The van der Waals surface area contributed by atoms with Gasteiger partial charge in [0.15, 0.2) is 5.96 Å². The second kappa shape index (κ2) is 9.13. The van der Waals surface area contributed by atoms with Gasteiger partial charge in [-0.1, -0.05) is 35.9 Å². The third-order valence-electron chi connectivity index (χ3n) is 3.45. The van der Waals surface area contributed by atoms with Crippen LogP contribution in [0, 0.1) is 6.92 Å². The number of nitrogens with zero attached hydrogens (tertiary/aromatic N) is 2. The fourth-order valence-corrected chi connectivity index (χ4v) is 2.22. The first-order valence-corrected chi connectivity index (χ1v) is 8.23. The molecule has 0 aliphatic rings. The van der Waals surface area contributed by atoms with E-state index in [2.05, 4.69) is 20.6 Å². The summed E-state index contributed by atoms with van der Waals surface area (Å²) in [6.07, 6.45) is 1.76. The molecule has 2 N–H and O–H groups in total. The highest BCUT2D eigenvalue weighted by Crippen LogP contribution is 2.17. The second-order valence-corrected chi connectivity index (χ2v) is 5.88. The summed E-state index contributed by atoms with van der Waals surface area (Å²) in [6.45, 7) is 5.33. The van der Waals surface area contributed by atoms with Crippen molar-refractivity contribution in [2.75, 3.05) is 13.6 Å². The van der Waals surface area contributed by atoms with Crippen molar-refractivity contribution in [1.29, 1.82) is 0 Å². The quantitative estimate of drug-likeness (QED) is 0.479. The van der Waals surface area contributed by atoms with Gasteiger partial charge in [0.05, 0.1) is 6.54 Å². The van der Waals surface area contributed by atoms with E-state index in [1.165, 1.54) is 0 Å². The lowest BCUT2D eigenvalue weighted by Gasteiger charge is -2.18. The smallest absolute Gasteiger partial charge is 0.191 e. The topological polar surface area (TPSA) is 58.5 Å². The number of hydrogen-bond donors (Lipinski definition) is 2. The number of ether oxygens (including phenoxy) is 1. The lowest BCUT2D eigenvalue weighted by Crippen LogP contribution is -2.41. The van der Waals surface area contributed by atoms with E-state index in [0.717, 1.165) is 16.9 Å². The van der Waals surface area contributed by atoms with E-state index in [9.17, 15) is 0 Å². The first-order chi connectivity index (χ1) is 11.6. The van der Waals surface area contributed by atoms with Gasteiger partial charge in [0.1, 0.15) is 17.0 Å². The summed E-state index contributed by atoms with van der Waals surface area (Å²) in [6, 6.07) is 11.7. The predicted octanol–water partition coefficient (Wildman–Crippen LogP) is 3.18. The maximum Gasteiger partial charge on any atom is 0.191 e. The van der Waals surface area contributed by atoms with E-state index in [0.29, 0.717) is 24.2 Å². The summed E-state index contributed by atoms with van der Waals surface area (Å²) < 4.78 is 5.95. The second-order valence-electron chi connectivity index (χ2n) is 5.49. The standard InChI is InChI=1S/C18H23ClN4O/c1-13-6-4-5-7-16(13)24-14(2)10-22-18(20-3)23-12-15-8-9-17(19)21-11-15/h4-9,11,14H,10,12H2,1-3H3,(H2,20,22,23). The van der Waals surface area contributed by atoms with Crippen molar-refractivity contribution in [3.05, 3.63) is 58.9 Å². The van der Waals surface area contributed by atoms with Crippen LogP contribution in [0.5, 0.6) is 5.75 Å². The highest BCUT2D eigenvalue weighted by Gasteiger charge is 2.07. The Labute approximate surface area is 148 Å². The molecule has 1 atom stereocenters. The van der Waals surface area contributed by atoms with Gasteiger partial charge < -0.3 is 15.4 Å². The Hall–Kier alpha value is -2.27. The molecular weight excluding hydrogens is 324 g/mol. The number of pyridine rings is 1. The molecule has 1 unspecified atom stereocenters. The lowest BCUT2D eigenvalue weighted by atomic mass is 10.2. The number of hydrogen-bond acceptors (Lipinski definition) is 3. The molecule has 0 radical (unpaired) electrons. The Morgan fingerprint density at radius 1 is 1.25 bits per heavy atom. The minimum Gasteiger partial charge on any atom is -0.489 e. The molecule has 1 aromatic heterocycles. The van der Waals surface area contributed by atoms with Gasteiger partial charge in [0, 0.05) is 19.8 Å². The first-order valence-electron chi connectivity index (χ1n) is 7.85. The van der Waals surface area contributed by atoms with Gasteiger partial charge in [-0.05, 0) is 37.1 Å².